The van der Waals surface area contributed by atoms with Crippen molar-refractivity contribution in [1.29, 1.82) is 0 Å². The van der Waals surface area contributed by atoms with Crippen molar-refractivity contribution in [2.75, 3.05) is 6.61 Å². The molecule has 0 bridgehead atoms. The summed E-state index contributed by atoms with van der Waals surface area (Å²) in [5.74, 6) is -1.76. The molecule has 1 aromatic carbocycles. The second kappa shape index (κ2) is 8.11. The highest BCUT2D eigenvalue weighted by Gasteiger charge is 2.24. The van der Waals surface area contributed by atoms with Gasteiger partial charge in [-0.2, -0.15) is 0 Å². The average molecular weight is 333 g/mol. The fraction of sp³-hybridized carbons (Fsp3) is 0.312. The Labute approximate surface area is 138 Å². The van der Waals surface area contributed by atoms with E-state index in [0.29, 0.717) is 5.69 Å². The molecule has 0 radical (unpaired) electrons. The Bertz CT molecular complexity index is 707. The van der Waals surface area contributed by atoms with Gasteiger partial charge in [0.05, 0.1) is 6.61 Å². The molecule has 1 atom stereocenters. The fourth-order valence-electron chi connectivity index (χ4n) is 2.25. The highest BCUT2D eigenvalue weighted by molar-refractivity contribution is 5.99. The quantitative estimate of drug-likeness (QED) is 0.344. The number of nitrogens with one attached hydrogen (secondary N) is 3. The zero-order chi connectivity index (χ0) is 17.5. The molecule has 2 amide bonds. The van der Waals surface area contributed by atoms with Crippen molar-refractivity contribution in [3.05, 3.63) is 36.0 Å². The van der Waals surface area contributed by atoms with Crippen molar-refractivity contribution in [2.45, 2.75) is 25.8 Å². The highest BCUT2D eigenvalue weighted by atomic mass is 16.5. The van der Waals surface area contributed by atoms with E-state index in [1.807, 2.05) is 24.3 Å². The number of esters is 1. The standard InChI is InChI=1S/C16H19N3O5/c1-2-24-16(22)12(7-8-14(20)19-23)18-15(21)13-9-10-5-3-4-6-11(10)17-13/h3-6,9,12,17,23H,2,7-8H2,1H3,(H,18,21)(H,19,20)/t12-/m0/s1. The molecular weight excluding hydrogens is 314 g/mol. The van der Waals surface area contributed by atoms with Crippen molar-refractivity contribution in [3.8, 4) is 0 Å². The van der Waals surface area contributed by atoms with Crippen molar-refractivity contribution >= 4 is 28.7 Å². The van der Waals surface area contributed by atoms with Crippen LogP contribution in [0.15, 0.2) is 30.3 Å². The number of aromatic nitrogens is 1. The molecule has 0 aliphatic rings. The van der Waals surface area contributed by atoms with E-state index in [2.05, 4.69) is 10.3 Å². The van der Waals surface area contributed by atoms with E-state index in [4.69, 9.17) is 9.94 Å². The molecule has 0 aliphatic carbocycles. The van der Waals surface area contributed by atoms with Crippen LogP contribution in [-0.4, -0.2) is 40.6 Å². The number of ether oxygens (including phenoxy) is 1. The van der Waals surface area contributed by atoms with Gasteiger partial charge in [-0.3, -0.25) is 14.8 Å². The number of hydrogen-bond donors (Lipinski definition) is 4. The first-order valence-electron chi connectivity index (χ1n) is 7.53. The van der Waals surface area contributed by atoms with Crippen LogP contribution in [0.25, 0.3) is 10.9 Å². The molecule has 0 fully saturated rings. The van der Waals surface area contributed by atoms with E-state index in [9.17, 15) is 14.4 Å². The average Bonchev–Trinajstić information content (AvgIpc) is 3.02. The van der Waals surface area contributed by atoms with Crippen LogP contribution in [0.3, 0.4) is 0 Å². The maximum Gasteiger partial charge on any atom is 0.328 e. The lowest BCUT2D eigenvalue weighted by Gasteiger charge is -2.16. The molecule has 1 heterocycles. The Morgan fingerprint density at radius 1 is 1.29 bits per heavy atom. The van der Waals surface area contributed by atoms with Crippen LogP contribution in [0.2, 0.25) is 0 Å². The number of amides is 2. The molecule has 24 heavy (non-hydrogen) atoms. The van der Waals surface area contributed by atoms with E-state index in [1.54, 1.807) is 13.0 Å². The van der Waals surface area contributed by atoms with Crippen molar-refractivity contribution in [1.82, 2.24) is 15.8 Å². The number of para-hydroxylation sites is 1. The summed E-state index contributed by atoms with van der Waals surface area (Å²) in [5.41, 5.74) is 2.59. The first-order chi connectivity index (χ1) is 11.5. The Morgan fingerprint density at radius 3 is 2.71 bits per heavy atom. The molecule has 0 saturated carbocycles. The molecule has 8 nitrogen and oxygen atoms in total. The van der Waals surface area contributed by atoms with Crippen LogP contribution in [-0.2, 0) is 14.3 Å². The minimum Gasteiger partial charge on any atom is -0.464 e. The van der Waals surface area contributed by atoms with Gasteiger partial charge >= 0.3 is 5.97 Å². The van der Waals surface area contributed by atoms with Gasteiger partial charge in [0.25, 0.3) is 5.91 Å². The molecule has 0 saturated heterocycles. The van der Waals surface area contributed by atoms with Gasteiger partial charge < -0.3 is 15.0 Å². The molecule has 1 aromatic heterocycles. The third-order valence-electron chi connectivity index (χ3n) is 3.44. The van der Waals surface area contributed by atoms with Gasteiger partial charge in [0.15, 0.2) is 0 Å². The topological polar surface area (TPSA) is 121 Å². The normalized spacial score (nSPS) is 11.8. The van der Waals surface area contributed by atoms with Crippen LogP contribution in [0.1, 0.15) is 30.3 Å². The largest absolute Gasteiger partial charge is 0.464 e. The Kier molecular flexibility index (Phi) is 5.91. The Morgan fingerprint density at radius 2 is 2.04 bits per heavy atom. The number of hydroxylamine groups is 1. The van der Waals surface area contributed by atoms with Crippen molar-refractivity contribution < 1.29 is 24.3 Å². The van der Waals surface area contributed by atoms with Crippen molar-refractivity contribution in [2.24, 2.45) is 0 Å². The van der Waals surface area contributed by atoms with E-state index in [0.717, 1.165) is 10.9 Å². The lowest BCUT2D eigenvalue weighted by Crippen LogP contribution is -2.42. The minimum absolute atomic E-state index is 0.0111. The summed E-state index contributed by atoms with van der Waals surface area (Å²) in [5, 5.41) is 11.9. The maximum atomic E-state index is 12.3. The Hall–Kier alpha value is -2.87. The molecule has 128 valence electrons. The predicted octanol–water partition coefficient (Wildman–Crippen LogP) is 1.11. The predicted molar refractivity (Wildman–Crippen MR) is 85.3 cm³/mol. The first kappa shape index (κ1) is 17.5. The number of aromatic amines is 1. The number of H-pyrrole nitrogens is 1. The van der Waals surface area contributed by atoms with E-state index in [-0.39, 0.29) is 19.4 Å². The summed E-state index contributed by atoms with van der Waals surface area (Å²) in [7, 11) is 0. The van der Waals surface area contributed by atoms with Gasteiger partial charge in [-0.1, -0.05) is 18.2 Å². The summed E-state index contributed by atoms with van der Waals surface area (Å²) in [6, 6.07) is 8.08. The van der Waals surface area contributed by atoms with E-state index < -0.39 is 23.8 Å². The fourth-order valence-corrected chi connectivity index (χ4v) is 2.25. The zero-order valence-corrected chi connectivity index (χ0v) is 13.2. The molecule has 2 aromatic rings. The second-order valence-corrected chi connectivity index (χ2v) is 5.12. The van der Waals surface area contributed by atoms with Crippen LogP contribution in [0, 0.1) is 0 Å². The number of rotatable bonds is 7. The highest BCUT2D eigenvalue weighted by Crippen LogP contribution is 2.15. The summed E-state index contributed by atoms with van der Waals surface area (Å²) in [6.45, 7) is 1.80. The second-order valence-electron chi connectivity index (χ2n) is 5.12. The molecular formula is C16H19N3O5. The van der Waals surface area contributed by atoms with Gasteiger partial charge in [0.2, 0.25) is 5.91 Å². The maximum absolute atomic E-state index is 12.3. The van der Waals surface area contributed by atoms with Crippen LogP contribution >= 0.6 is 0 Å². The van der Waals surface area contributed by atoms with E-state index >= 15 is 0 Å². The van der Waals surface area contributed by atoms with E-state index in [1.165, 1.54) is 5.48 Å². The summed E-state index contributed by atoms with van der Waals surface area (Å²) in [6.07, 6.45) is -0.121. The van der Waals surface area contributed by atoms with Gasteiger partial charge in [0, 0.05) is 17.3 Å². The van der Waals surface area contributed by atoms with Crippen LogP contribution in [0.4, 0.5) is 0 Å². The number of carbonyl (C=O) groups is 3. The zero-order valence-electron chi connectivity index (χ0n) is 13.2. The van der Waals surface area contributed by atoms with Gasteiger partial charge in [-0.25, -0.2) is 10.3 Å². The molecule has 8 heteroatoms. The van der Waals surface area contributed by atoms with Gasteiger partial charge in [-0.15, -0.1) is 0 Å². The minimum atomic E-state index is -0.985. The third kappa shape index (κ3) is 4.32. The summed E-state index contributed by atoms with van der Waals surface area (Å²) < 4.78 is 4.91. The Balaban J connectivity index is 2.09. The smallest absolute Gasteiger partial charge is 0.328 e. The number of carbonyl (C=O) groups excluding carboxylic acids is 3. The van der Waals surface area contributed by atoms with Gasteiger partial charge in [0.1, 0.15) is 11.7 Å². The van der Waals surface area contributed by atoms with Crippen LogP contribution < -0.4 is 10.8 Å². The number of hydrogen-bond acceptors (Lipinski definition) is 5. The molecule has 2 rings (SSSR count). The SMILES string of the molecule is CCOC(=O)[C@H](CCC(=O)NO)NC(=O)c1cc2ccccc2[nH]1. The molecule has 0 spiro atoms. The number of benzene rings is 1. The first-order valence-corrected chi connectivity index (χ1v) is 7.53. The third-order valence-corrected chi connectivity index (χ3v) is 3.44. The van der Waals surface area contributed by atoms with Crippen molar-refractivity contribution in [3.63, 3.8) is 0 Å². The number of fused-ring (bicyclic) bond motifs is 1. The summed E-state index contributed by atoms with van der Waals surface area (Å²) >= 11 is 0. The summed E-state index contributed by atoms with van der Waals surface area (Å²) in [4.78, 5) is 38.4. The van der Waals surface area contributed by atoms with Crippen LogP contribution in [0.5, 0.6) is 0 Å². The lowest BCUT2D eigenvalue weighted by molar-refractivity contribution is -0.145. The molecule has 0 unspecified atom stereocenters. The monoisotopic (exact) mass is 333 g/mol. The molecule has 0 aliphatic heterocycles. The lowest BCUT2D eigenvalue weighted by atomic mass is 10.1. The molecule has 4 N–H and O–H groups in total. The van der Waals surface area contributed by atoms with Gasteiger partial charge in [-0.05, 0) is 25.5 Å².